The van der Waals surface area contributed by atoms with Crippen molar-refractivity contribution in [3.05, 3.63) is 76.7 Å². The average molecular weight is 320 g/mol. The molecule has 2 aromatic heterocycles. The molecule has 0 atom stereocenters. The SMILES string of the molecule is CCc1ccc(Cc2nc3ccc(C)cn3c2/C=C/C(=O)O)cc1. The molecule has 1 N–H and O–H groups in total. The molecule has 122 valence electrons. The first kappa shape index (κ1) is 16.0. The van der Waals surface area contributed by atoms with Gasteiger partial charge in [0.1, 0.15) is 5.65 Å². The number of benzene rings is 1. The highest BCUT2D eigenvalue weighted by atomic mass is 16.4. The Morgan fingerprint density at radius 3 is 2.54 bits per heavy atom. The normalized spacial score (nSPS) is 11.4. The summed E-state index contributed by atoms with van der Waals surface area (Å²) in [6.07, 6.45) is 6.45. The van der Waals surface area contributed by atoms with Gasteiger partial charge in [0.25, 0.3) is 0 Å². The predicted molar refractivity (Wildman–Crippen MR) is 95.2 cm³/mol. The van der Waals surface area contributed by atoms with E-state index in [9.17, 15) is 4.79 Å². The minimum Gasteiger partial charge on any atom is -0.478 e. The molecule has 0 aliphatic heterocycles. The zero-order chi connectivity index (χ0) is 17.1. The van der Waals surface area contributed by atoms with Crippen LogP contribution in [0.5, 0.6) is 0 Å². The highest BCUT2D eigenvalue weighted by molar-refractivity contribution is 5.85. The first-order valence-electron chi connectivity index (χ1n) is 8.03. The Bertz CT molecular complexity index is 905. The van der Waals surface area contributed by atoms with Crippen LogP contribution in [0.3, 0.4) is 0 Å². The van der Waals surface area contributed by atoms with E-state index < -0.39 is 5.97 Å². The summed E-state index contributed by atoms with van der Waals surface area (Å²) in [7, 11) is 0. The van der Waals surface area contributed by atoms with Gasteiger partial charge in [-0.15, -0.1) is 0 Å². The second-order valence-corrected chi connectivity index (χ2v) is 5.90. The van der Waals surface area contributed by atoms with Gasteiger partial charge in [0.05, 0.1) is 11.4 Å². The number of hydrogen-bond donors (Lipinski definition) is 1. The third kappa shape index (κ3) is 3.38. The molecule has 0 spiro atoms. The first-order chi connectivity index (χ1) is 11.6. The zero-order valence-corrected chi connectivity index (χ0v) is 13.9. The lowest BCUT2D eigenvalue weighted by atomic mass is 10.1. The highest BCUT2D eigenvalue weighted by Gasteiger charge is 2.11. The van der Waals surface area contributed by atoms with Crippen LogP contribution in [0.15, 0.2) is 48.7 Å². The molecular weight excluding hydrogens is 300 g/mol. The maximum atomic E-state index is 10.9. The van der Waals surface area contributed by atoms with E-state index in [1.54, 1.807) is 6.08 Å². The van der Waals surface area contributed by atoms with Crippen LogP contribution in [0.2, 0.25) is 0 Å². The summed E-state index contributed by atoms with van der Waals surface area (Å²) in [5.74, 6) is -0.962. The molecule has 0 unspecified atom stereocenters. The number of pyridine rings is 1. The van der Waals surface area contributed by atoms with Crippen LogP contribution < -0.4 is 0 Å². The van der Waals surface area contributed by atoms with Crippen molar-refractivity contribution in [1.82, 2.24) is 9.38 Å². The average Bonchev–Trinajstić information content (AvgIpc) is 2.90. The van der Waals surface area contributed by atoms with Crippen molar-refractivity contribution in [1.29, 1.82) is 0 Å². The third-order valence-corrected chi connectivity index (χ3v) is 4.07. The number of carbonyl (C=O) groups is 1. The maximum Gasteiger partial charge on any atom is 0.328 e. The molecule has 0 saturated carbocycles. The number of aryl methyl sites for hydroxylation is 2. The van der Waals surface area contributed by atoms with Crippen LogP contribution in [0.4, 0.5) is 0 Å². The summed E-state index contributed by atoms with van der Waals surface area (Å²) < 4.78 is 1.95. The highest BCUT2D eigenvalue weighted by Crippen LogP contribution is 2.19. The van der Waals surface area contributed by atoms with Crippen molar-refractivity contribution >= 4 is 17.7 Å². The van der Waals surface area contributed by atoms with Crippen LogP contribution in [0, 0.1) is 6.92 Å². The van der Waals surface area contributed by atoms with E-state index in [-0.39, 0.29) is 0 Å². The zero-order valence-electron chi connectivity index (χ0n) is 13.9. The second-order valence-electron chi connectivity index (χ2n) is 5.90. The Balaban J connectivity index is 2.04. The summed E-state index contributed by atoms with van der Waals surface area (Å²) in [6, 6.07) is 12.4. The van der Waals surface area contributed by atoms with Gasteiger partial charge >= 0.3 is 5.97 Å². The molecule has 0 radical (unpaired) electrons. The van der Waals surface area contributed by atoms with Crippen molar-refractivity contribution in [3.63, 3.8) is 0 Å². The molecule has 24 heavy (non-hydrogen) atoms. The van der Waals surface area contributed by atoms with Gasteiger partial charge in [-0.1, -0.05) is 37.3 Å². The molecule has 1 aromatic carbocycles. The van der Waals surface area contributed by atoms with Crippen LogP contribution in [-0.4, -0.2) is 20.5 Å². The van der Waals surface area contributed by atoms with Crippen LogP contribution in [0.25, 0.3) is 11.7 Å². The third-order valence-electron chi connectivity index (χ3n) is 4.07. The Morgan fingerprint density at radius 2 is 1.88 bits per heavy atom. The van der Waals surface area contributed by atoms with Crippen molar-refractivity contribution in [2.24, 2.45) is 0 Å². The number of imidazole rings is 1. The van der Waals surface area contributed by atoms with Gasteiger partial charge in [-0.25, -0.2) is 9.78 Å². The number of fused-ring (bicyclic) bond motifs is 1. The lowest BCUT2D eigenvalue weighted by Crippen LogP contribution is -1.95. The van der Waals surface area contributed by atoms with Gasteiger partial charge in [-0.2, -0.15) is 0 Å². The topological polar surface area (TPSA) is 54.6 Å². The molecule has 0 amide bonds. The maximum absolute atomic E-state index is 10.9. The quantitative estimate of drug-likeness (QED) is 0.726. The smallest absolute Gasteiger partial charge is 0.328 e. The van der Waals surface area contributed by atoms with E-state index in [0.717, 1.165) is 40.7 Å². The fourth-order valence-electron chi connectivity index (χ4n) is 2.76. The molecule has 2 heterocycles. The molecule has 3 rings (SSSR count). The van der Waals surface area contributed by atoms with Crippen molar-refractivity contribution < 1.29 is 9.90 Å². The van der Waals surface area contributed by atoms with Crippen LogP contribution >= 0.6 is 0 Å². The number of hydrogen-bond acceptors (Lipinski definition) is 2. The van der Waals surface area contributed by atoms with E-state index in [1.807, 2.05) is 29.7 Å². The van der Waals surface area contributed by atoms with E-state index in [0.29, 0.717) is 6.42 Å². The number of carboxylic acids is 1. The summed E-state index contributed by atoms with van der Waals surface area (Å²) in [5, 5.41) is 8.96. The van der Waals surface area contributed by atoms with E-state index >= 15 is 0 Å². The number of carboxylic acid groups (broad SMARTS) is 1. The predicted octanol–water partition coefficient (Wildman–Crippen LogP) is 3.89. The molecule has 0 aliphatic rings. The van der Waals surface area contributed by atoms with Gasteiger partial charge < -0.3 is 5.11 Å². The molecule has 0 aliphatic carbocycles. The number of nitrogens with zero attached hydrogens (tertiary/aromatic N) is 2. The summed E-state index contributed by atoms with van der Waals surface area (Å²) >= 11 is 0. The minimum absolute atomic E-state index is 0.671. The lowest BCUT2D eigenvalue weighted by molar-refractivity contribution is -0.131. The Hall–Kier alpha value is -2.88. The molecule has 0 fully saturated rings. The molecule has 3 aromatic rings. The summed E-state index contributed by atoms with van der Waals surface area (Å²) in [4.78, 5) is 15.6. The molecule has 4 nitrogen and oxygen atoms in total. The molecule has 0 saturated heterocycles. The van der Waals surface area contributed by atoms with Crippen molar-refractivity contribution in [2.75, 3.05) is 0 Å². The number of aromatic nitrogens is 2. The van der Waals surface area contributed by atoms with Crippen molar-refractivity contribution in [2.45, 2.75) is 26.7 Å². The van der Waals surface area contributed by atoms with E-state index in [1.165, 1.54) is 5.56 Å². The van der Waals surface area contributed by atoms with Gasteiger partial charge in [-0.3, -0.25) is 4.40 Å². The van der Waals surface area contributed by atoms with E-state index in [2.05, 4.69) is 36.2 Å². The summed E-state index contributed by atoms with van der Waals surface area (Å²) in [5.41, 5.74) is 6.08. The second kappa shape index (κ2) is 6.71. The lowest BCUT2D eigenvalue weighted by Gasteiger charge is -2.03. The summed E-state index contributed by atoms with van der Waals surface area (Å²) in [6.45, 7) is 4.14. The van der Waals surface area contributed by atoms with Crippen LogP contribution in [0.1, 0.15) is 35.0 Å². The first-order valence-corrected chi connectivity index (χ1v) is 8.03. The van der Waals surface area contributed by atoms with E-state index in [4.69, 9.17) is 5.11 Å². The Labute approximate surface area is 141 Å². The van der Waals surface area contributed by atoms with Crippen molar-refractivity contribution in [3.8, 4) is 0 Å². The monoisotopic (exact) mass is 320 g/mol. The fraction of sp³-hybridized carbons (Fsp3) is 0.200. The van der Waals surface area contributed by atoms with Gasteiger partial charge in [0.2, 0.25) is 0 Å². The minimum atomic E-state index is -0.962. The molecular formula is C20H20N2O2. The van der Waals surface area contributed by atoms with Crippen LogP contribution in [-0.2, 0) is 17.6 Å². The van der Waals surface area contributed by atoms with Gasteiger partial charge in [-0.05, 0) is 42.2 Å². The molecule has 4 heteroatoms. The number of rotatable bonds is 5. The largest absolute Gasteiger partial charge is 0.478 e. The fourth-order valence-corrected chi connectivity index (χ4v) is 2.76. The number of aliphatic carboxylic acids is 1. The Morgan fingerprint density at radius 1 is 1.17 bits per heavy atom. The Kier molecular flexibility index (Phi) is 4.47. The standard InChI is InChI=1S/C20H20N2O2/c1-3-15-5-7-16(8-6-15)12-17-18(9-11-20(23)24)22-13-14(2)4-10-19(22)21-17/h4-11,13H,3,12H2,1-2H3,(H,23,24)/b11-9+. The van der Waals surface area contributed by atoms with Gasteiger partial charge in [0.15, 0.2) is 0 Å². The van der Waals surface area contributed by atoms with Gasteiger partial charge in [0, 0.05) is 18.7 Å². The molecule has 0 bridgehead atoms.